The van der Waals surface area contributed by atoms with Crippen molar-refractivity contribution in [2.75, 3.05) is 18.8 Å². The number of nitrogen functional groups attached to an aromatic ring is 1. The van der Waals surface area contributed by atoms with Crippen LogP contribution in [0.2, 0.25) is 0 Å². The van der Waals surface area contributed by atoms with Crippen LogP contribution in [0.25, 0.3) is 11.3 Å². The van der Waals surface area contributed by atoms with Crippen molar-refractivity contribution >= 4 is 11.7 Å². The van der Waals surface area contributed by atoms with Gasteiger partial charge in [0, 0.05) is 49.4 Å². The molecule has 1 amide bonds. The molecule has 1 fully saturated rings. The summed E-state index contributed by atoms with van der Waals surface area (Å²) in [5, 5.41) is 0. The summed E-state index contributed by atoms with van der Waals surface area (Å²) in [4.78, 5) is 27.1. The van der Waals surface area contributed by atoms with E-state index in [1.54, 1.807) is 30.7 Å². The molecule has 0 bridgehead atoms. The Morgan fingerprint density at radius 3 is 2.69 bits per heavy atom. The zero-order valence-electron chi connectivity index (χ0n) is 14.2. The van der Waals surface area contributed by atoms with Gasteiger partial charge in [-0.15, -0.1) is 0 Å². The van der Waals surface area contributed by atoms with E-state index in [0.29, 0.717) is 23.8 Å². The molecular weight excluding hydrogens is 326 g/mol. The summed E-state index contributed by atoms with van der Waals surface area (Å²) in [5.41, 5.74) is 9.35. The highest BCUT2D eigenvalue weighted by atomic mass is 16.2. The zero-order valence-corrected chi connectivity index (χ0v) is 14.2. The monoisotopic (exact) mass is 345 g/mol. The Hall–Kier alpha value is -3.28. The molecule has 0 radical (unpaired) electrons. The molecule has 1 atom stereocenters. The van der Waals surface area contributed by atoms with E-state index in [9.17, 15) is 4.79 Å². The van der Waals surface area contributed by atoms with Gasteiger partial charge in [0.05, 0.1) is 11.3 Å². The van der Waals surface area contributed by atoms with Gasteiger partial charge in [0.15, 0.2) is 0 Å². The molecule has 4 heterocycles. The van der Waals surface area contributed by atoms with E-state index in [1.807, 2.05) is 29.3 Å². The van der Waals surface area contributed by atoms with Gasteiger partial charge in [-0.1, -0.05) is 0 Å². The minimum Gasteiger partial charge on any atom is -0.384 e. The van der Waals surface area contributed by atoms with Crippen LogP contribution in [0, 0.1) is 0 Å². The van der Waals surface area contributed by atoms with E-state index < -0.39 is 0 Å². The molecule has 6 heteroatoms. The van der Waals surface area contributed by atoms with Crippen molar-refractivity contribution in [3.8, 4) is 11.3 Å². The summed E-state index contributed by atoms with van der Waals surface area (Å²) in [6, 6.07) is 11.4. The molecule has 0 aliphatic carbocycles. The maximum absolute atomic E-state index is 12.6. The first-order chi connectivity index (χ1) is 12.7. The first kappa shape index (κ1) is 16.2. The van der Waals surface area contributed by atoms with Crippen molar-refractivity contribution < 1.29 is 4.79 Å². The number of amides is 1. The van der Waals surface area contributed by atoms with Gasteiger partial charge in [-0.2, -0.15) is 0 Å². The van der Waals surface area contributed by atoms with Crippen molar-refractivity contribution in [1.29, 1.82) is 0 Å². The van der Waals surface area contributed by atoms with Crippen LogP contribution in [-0.4, -0.2) is 38.8 Å². The molecule has 1 saturated heterocycles. The molecule has 0 aromatic carbocycles. The van der Waals surface area contributed by atoms with Gasteiger partial charge < -0.3 is 10.6 Å². The van der Waals surface area contributed by atoms with E-state index >= 15 is 0 Å². The number of hydrogen-bond acceptors (Lipinski definition) is 5. The summed E-state index contributed by atoms with van der Waals surface area (Å²) in [6.07, 6.45) is 7.84. The lowest BCUT2D eigenvalue weighted by atomic mass is 9.97. The number of carbonyl (C=O) groups is 1. The van der Waals surface area contributed by atoms with E-state index in [2.05, 4.69) is 21.0 Å². The Kier molecular flexibility index (Phi) is 4.31. The summed E-state index contributed by atoms with van der Waals surface area (Å²) in [5.74, 6) is 0.731. The Morgan fingerprint density at radius 1 is 1.08 bits per heavy atom. The maximum Gasteiger partial charge on any atom is 0.255 e. The first-order valence-electron chi connectivity index (χ1n) is 8.58. The van der Waals surface area contributed by atoms with Crippen LogP contribution < -0.4 is 5.73 Å². The number of carbonyl (C=O) groups excluding carboxylic acids is 1. The number of aromatic nitrogens is 3. The van der Waals surface area contributed by atoms with Crippen molar-refractivity contribution in [1.82, 2.24) is 19.9 Å². The smallest absolute Gasteiger partial charge is 0.255 e. The van der Waals surface area contributed by atoms with Crippen LogP contribution in [0.4, 0.5) is 5.82 Å². The number of rotatable bonds is 3. The number of hydrogen-bond donors (Lipinski definition) is 1. The highest BCUT2D eigenvalue weighted by Gasteiger charge is 2.28. The van der Waals surface area contributed by atoms with E-state index in [-0.39, 0.29) is 5.91 Å². The minimum atomic E-state index is 0.00316. The summed E-state index contributed by atoms with van der Waals surface area (Å²) >= 11 is 0. The third-order valence-electron chi connectivity index (χ3n) is 4.74. The van der Waals surface area contributed by atoms with Gasteiger partial charge in [0.25, 0.3) is 5.91 Å². The summed E-state index contributed by atoms with van der Waals surface area (Å²) < 4.78 is 0. The molecule has 1 aliphatic heterocycles. The quantitative estimate of drug-likeness (QED) is 0.789. The summed E-state index contributed by atoms with van der Waals surface area (Å²) in [7, 11) is 0. The van der Waals surface area contributed by atoms with Gasteiger partial charge in [0.1, 0.15) is 5.82 Å². The highest BCUT2D eigenvalue weighted by Crippen LogP contribution is 2.30. The third-order valence-corrected chi connectivity index (χ3v) is 4.74. The Bertz CT molecular complexity index is 911. The molecule has 3 aromatic heterocycles. The average molecular weight is 345 g/mol. The zero-order chi connectivity index (χ0) is 17.9. The fourth-order valence-corrected chi connectivity index (χ4v) is 3.31. The third kappa shape index (κ3) is 3.26. The van der Waals surface area contributed by atoms with E-state index in [0.717, 1.165) is 24.2 Å². The molecule has 2 N–H and O–H groups in total. The van der Waals surface area contributed by atoms with Crippen LogP contribution in [0.15, 0.2) is 61.2 Å². The topological polar surface area (TPSA) is 85.0 Å². The normalized spacial score (nSPS) is 16.6. The second-order valence-corrected chi connectivity index (χ2v) is 6.42. The fraction of sp³-hybridized carbons (Fsp3) is 0.200. The predicted octanol–water partition coefficient (Wildman–Crippen LogP) is 2.75. The lowest BCUT2D eigenvalue weighted by molar-refractivity contribution is 0.0790. The average Bonchev–Trinajstić information content (AvgIpc) is 3.19. The largest absolute Gasteiger partial charge is 0.384 e. The number of pyridine rings is 3. The number of nitrogens with two attached hydrogens (primary N) is 1. The molecule has 0 saturated carbocycles. The molecule has 1 unspecified atom stereocenters. The highest BCUT2D eigenvalue weighted by molar-refractivity contribution is 5.94. The lowest BCUT2D eigenvalue weighted by Gasteiger charge is -2.17. The van der Waals surface area contributed by atoms with Crippen LogP contribution >= 0.6 is 0 Å². The second-order valence-electron chi connectivity index (χ2n) is 6.42. The maximum atomic E-state index is 12.6. The van der Waals surface area contributed by atoms with E-state index in [4.69, 9.17) is 5.73 Å². The van der Waals surface area contributed by atoms with Gasteiger partial charge >= 0.3 is 0 Å². The molecular formula is C20H19N5O. The Labute approximate surface area is 151 Å². The fourth-order valence-electron chi connectivity index (χ4n) is 3.31. The van der Waals surface area contributed by atoms with Gasteiger partial charge in [-0.05, 0) is 48.4 Å². The van der Waals surface area contributed by atoms with Crippen LogP contribution in [0.5, 0.6) is 0 Å². The van der Waals surface area contributed by atoms with Gasteiger partial charge in [-0.3, -0.25) is 14.8 Å². The van der Waals surface area contributed by atoms with Gasteiger partial charge in [0.2, 0.25) is 0 Å². The SMILES string of the molecule is Nc1ccc(C(=O)N2CCC(c3ccnc(-c4ccncc4)c3)C2)cn1. The van der Waals surface area contributed by atoms with Crippen LogP contribution in [0.3, 0.4) is 0 Å². The molecule has 4 rings (SSSR count). The van der Waals surface area contributed by atoms with Crippen molar-refractivity contribution in [2.24, 2.45) is 0 Å². The first-order valence-corrected chi connectivity index (χ1v) is 8.58. The summed E-state index contributed by atoms with van der Waals surface area (Å²) in [6.45, 7) is 1.43. The minimum absolute atomic E-state index is 0.00316. The number of anilines is 1. The van der Waals surface area contributed by atoms with Crippen LogP contribution in [0.1, 0.15) is 28.3 Å². The number of likely N-dealkylation sites (tertiary alicyclic amines) is 1. The predicted molar refractivity (Wildman–Crippen MR) is 99.4 cm³/mol. The molecule has 3 aromatic rings. The Balaban J connectivity index is 1.50. The molecule has 26 heavy (non-hydrogen) atoms. The second kappa shape index (κ2) is 6.92. The van der Waals surface area contributed by atoms with Crippen molar-refractivity contribution in [3.05, 3.63) is 72.3 Å². The molecule has 6 nitrogen and oxygen atoms in total. The lowest BCUT2D eigenvalue weighted by Crippen LogP contribution is -2.28. The van der Waals surface area contributed by atoms with Crippen molar-refractivity contribution in [2.45, 2.75) is 12.3 Å². The number of nitrogens with zero attached hydrogens (tertiary/aromatic N) is 4. The van der Waals surface area contributed by atoms with Crippen molar-refractivity contribution in [3.63, 3.8) is 0 Å². The van der Waals surface area contributed by atoms with Gasteiger partial charge in [-0.25, -0.2) is 4.98 Å². The molecule has 130 valence electrons. The standard InChI is InChI=1S/C20H19N5O/c21-19-2-1-16(12-24-19)20(26)25-10-6-17(13-25)15-5-9-23-18(11-15)14-3-7-22-8-4-14/h1-5,7-9,11-12,17H,6,10,13H2,(H2,21,24). The van der Waals surface area contributed by atoms with E-state index in [1.165, 1.54) is 5.56 Å². The van der Waals surface area contributed by atoms with Crippen LogP contribution in [-0.2, 0) is 0 Å². The Morgan fingerprint density at radius 2 is 1.92 bits per heavy atom. The molecule has 1 aliphatic rings. The molecule has 0 spiro atoms.